The molecule has 0 saturated carbocycles. The lowest BCUT2D eigenvalue weighted by molar-refractivity contribution is 0.0946. The Hall–Kier alpha value is -3.49. The molecule has 35 heavy (non-hydrogen) atoms. The molecule has 8 heteroatoms. The third-order valence-corrected chi connectivity index (χ3v) is 7.70. The van der Waals surface area contributed by atoms with Crippen molar-refractivity contribution in [1.29, 1.82) is 0 Å². The number of ketones is 1. The Balaban J connectivity index is 1.58. The molecule has 3 heterocycles. The fourth-order valence-corrected chi connectivity index (χ4v) is 5.91. The van der Waals surface area contributed by atoms with Crippen molar-refractivity contribution in [3.63, 3.8) is 0 Å². The smallest absolute Gasteiger partial charge is 0.265 e. The number of rotatable bonds is 7. The normalized spacial score (nSPS) is 15.9. The first-order chi connectivity index (χ1) is 17.1. The number of carbonyl (C=O) groups excluding carboxylic acids is 2. The van der Waals surface area contributed by atoms with Crippen LogP contribution in [0.15, 0.2) is 59.4 Å². The zero-order valence-corrected chi connectivity index (χ0v) is 20.3. The van der Waals surface area contributed by atoms with Crippen molar-refractivity contribution in [3.8, 4) is 5.75 Å². The predicted molar refractivity (Wildman–Crippen MR) is 139 cm³/mol. The Morgan fingerprint density at radius 3 is 2.63 bits per heavy atom. The Morgan fingerprint density at radius 2 is 1.89 bits per heavy atom. The van der Waals surface area contributed by atoms with Crippen molar-refractivity contribution >= 4 is 44.0 Å². The van der Waals surface area contributed by atoms with Gasteiger partial charge in [0.15, 0.2) is 11.5 Å². The van der Waals surface area contributed by atoms with E-state index in [1.54, 1.807) is 24.3 Å². The van der Waals surface area contributed by atoms with Gasteiger partial charge in [0, 0.05) is 23.5 Å². The number of pyridine rings is 1. The third kappa shape index (κ3) is 4.47. The second kappa shape index (κ2) is 10.0. The molecule has 1 fully saturated rings. The molecule has 0 unspecified atom stereocenters. The number of methoxy groups -OCH3 is 1. The second-order valence-corrected chi connectivity index (χ2v) is 9.74. The molecule has 1 aliphatic heterocycles. The highest BCUT2D eigenvalue weighted by molar-refractivity contribution is 7.22. The summed E-state index contributed by atoms with van der Waals surface area (Å²) in [5, 5.41) is 7.57. The molecule has 1 amide bonds. The molecular weight excluding hydrogens is 462 g/mol. The maximum atomic E-state index is 13.7. The topological polar surface area (TPSA) is 89.4 Å². The van der Waals surface area contributed by atoms with Crippen LogP contribution in [0.25, 0.3) is 21.0 Å². The first-order valence-corrected chi connectivity index (χ1v) is 12.6. The molecule has 0 spiro atoms. The van der Waals surface area contributed by atoms with E-state index < -0.39 is 0 Å². The van der Waals surface area contributed by atoms with Crippen LogP contribution in [0.3, 0.4) is 0 Å². The van der Waals surface area contributed by atoms with E-state index in [9.17, 15) is 14.4 Å². The molecule has 2 aromatic carbocycles. The molecule has 2 N–H and O–H groups in total. The van der Waals surface area contributed by atoms with Crippen LogP contribution in [0, 0.1) is 0 Å². The maximum Gasteiger partial charge on any atom is 0.265 e. The van der Waals surface area contributed by atoms with E-state index in [-0.39, 0.29) is 35.6 Å². The highest BCUT2D eigenvalue weighted by Crippen LogP contribution is 2.39. The lowest BCUT2D eigenvalue weighted by Gasteiger charge is -2.23. The molecule has 4 aromatic rings. The van der Waals surface area contributed by atoms with Gasteiger partial charge in [0.2, 0.25) is 0 Å². The summed E-state index contributed by atoms with van der Waals surface area (Å²) in [5.74, 6) is -0.161. The highest BCUT2D eigenvalue weighted by atomic mass is 32.1. The lowest BCUT2D eigenvalue weighted by Crippen LogP contribution is -2.43. The van der Waals surface area contributed by atoms with Gasteiger partial charge in [-0.05, 0) is 25.5 Å². The van der Waals surface area contributed by atoms with E-state index >= 15 is 0 Å². The van der Waals surface area contributed by atoms with Crippen LogP contribution in [0.5, 0.6) is 5.75 Å². The summed E-state index contributed by atoms with van der Waals surface area (Å²) < 4.78 is 7.79. The van der Waals surface area contributed by atoms with Crippen LogP contribution < -0.4 is 20.9 Å². The standard InChI is InChI=1S/C27H27N3O4S/c1-34-23-22-24(35-25(23)26(32)29-15-18-11-7-8-14-28-18)19-12-5-6-13-20(19)30(27(22)33)16-21(31)17-9-3-2-4-10-17/h2-6,9-10,12-13,18,28H,7-8,11,14-16H2,1H3,(H,29,32)/t18-/m0/s1. The van der Waals surface area contributed by atoms with Crippen molar-refractivity contribution in [2.75, 3.05) is 20.2 Å². The largest absolute Gasteiger partial charge is 0.494 e. The van der Waals surface area contributed by atoms with Crippen molar-refractivity contribution in [1.82, 2.24) is 15.2 Å². The molecule has 0 bridgehead atoms. The number of hydrogen-bond donors (Lipinski definition) is 2. The van der Waals surface area contributed by atoms with Crippen LogP contribution in [-0.4, -0.2) is 42.5 Å². The molecule has 1 atom stereocenters. The average molecular weight is 490 g/mol. The summed E-state index contributed by atoms with van der Waals surface area (Å²) in [6, 6.07) is 16.6. The Kier molecular flexibility index (Phi) is 6.66. The number of nitrogens with zero attached hydrogens (tertiary/aromatic N) is 1. The number of nitrogens with one attached hydrogen (secondary N) is 2. The molecule has 5 rings (SSSR count). The first kappa shape index (κ1) is 23.3. The summed E-state index contributed by atoms with van der Waals surface area (Å²) in [6.45, 7) is 1.37. The molecule has 0 aliphatic carbocycles. The van der Waals surface area contributed by atoms with Crippen molar-refractivity contribution in [2.24, 2.45) is 0 Å². The zero-order valence-electron chi connectivity index (χ0n) is 19.5. The predicted octanol–water partition coefficient (Wildman–Crippen LogP) is 3.98. The summed E-state index contributed by atoms with van der Waals surface area (Å²) in [6.07, 6.45) is 3.32. The van der Waals surface area contributed by atoms with Gasteiger partial charge in [-0.3, -0.25) is 19.0 Å². The highest BCUT2D eigenvalue weighted by Gasteiger charge is 2.26. The fraction of sp³-hybridized carbons (Fsp3) is 0.296. The number of thiophene rings is 1. The molecule has 7 nitrogen and oxygen atoms in total. The summed E-state index contributed by atoms with van der Waals surface area (Å²) >= 11 is 1.26. The Bertz CT molecular complexity index is 1450. The van der Waals surface area contributed by atoms with Gasteiger partial charge in [-0.2, -0.15) is 0 Å². The molecule has 1 aliphatic rings. The fourth-order valence-electron chi connectivity index (χ4n) is 4.70. The van der Waals surface area contributed by atoms with Gasteiger partial charge >= 0.3 is 0 Å². The Labute approximate surface area is 206 Å². The minimum absolute atomic E-state index is 0.104. The monoisotopic (exact) mass is 489 g/mol. The average Bonchev–Trinajstić information content (AvgIpc) is 3.31. The summed E-state index contributed by atoms with van der Waals surface area (Å²) in [4.78, 5) is 40.2. The van der Waals surface area contributed by atoms with E-state index in [1.165, 1.54) is 23.0 Å². The lowest BCUT2D eigenvalue weighted by atomic mass is 10.1. The van der Waals surface area contributed by atoms with Gasteiger partial charge in [-0.25, -0.2) is 0 Å². The number of Topliss-reactive ketones (excluding diaryl/α,β-unsaturated/α-hetero) is 1. The van der Waals surface area contributed by atoms with E-state index in [0.717, 1.165) is 31.2 Å². The van der Waals surface area contributed by atoms with Crippen LogP contribution >= 0.6 is 11.3 Å². The number of amides is 1. The van der Waals surface area contributed by atoms with Gasteiger partial charge in [0.25, 0.3) is 11.5 Å². The number of ether oxygens (including phenoxy) is 1. The van der Waals surface area contributed by atoms with Gasteiger partial charge in [0.05, 0.1) is 23.9 Å². The van der Waals surface area contributed by atoms with E-state index in [4.69, 9.17) is 4.74 Å². The van der Waals surface area contributed by atoms with Gasteiger partial charge in [0.1, 0.15) is 10.3 Å². The van der Waals surface area contributed by atoms with Crippen molar-refractivity contribution in [2.45, 2.75) is 31.8 Å². The van der Waals surface area contributed by atoms with Crippen molar-refractivity contribution in [3.05, 3.63) is 75.4 Å². The number of carbonyl (C=O) groups is 2. The molecule has 180 valence electrons. The summed E-state index contributed by atoms with van der Waals surface area (Å²) in [7, 11) is 1.47. The Morgan fingerprint density at radius 1 is 1.11 bits per heavy atom. The van der Waals surface area contributed by atoms with Crippen LogP contribution in [0.4, 0.5) is 0 Å². The molecule has 0 radical (unpaired) electrons. The van der Waals surface area contributed by atoms with E-state index in [1.807, 2.05) is 30.3 Å². The molecule has 1 saturated heterocycles. The van der Waals surface area contributed by atoms with E-state index in [2.05, 4.69) is 10.6 Å². The zero-order chi connectivity index (χ0) is 24.4. The first-order valence-electron chi connectivity index (χ1n) is 11.8. The third-order valence-electron chi connectivity index (χ3n) is 6.49. The van der Waals surface area contributed by atoms with Crippen LogP contribution in [0.1, 0.15) is 39.3 Å². The number of hydrogen-bond acceptors (Lipinski definition) is 6. The van der Waals surface area contributed by atoms with Crippen LogP contribution in [0.2, 0.25) is 0 Å². The van der Waals surface area contributed by atoms with Gasteiger partial charge in [-0.15, -0.1) is 11.3 Å². The van der Waals surface area contributed by atoms with Crippen LogP contribution in [-0.2, 0) is 6.54 Å². The minimum atomic E-state index is -0.343. The number of piperidine rings is 1. The summed E-state index contributed by atoms with van der Waals surface area (Å²) in [5.41, 5.74) is 0.845. The minimum Gasteiger partial charge on any atom is -0.494 e. The van der Waals surface area contributed by atoms with Gasteiger partial charge < -0.3 is 15.4 Å². The van der Waals surface area contributed by atoms with Gasteiger partial charge in [-0.1, -0.05) is 55.0 Å². The second-order valence-electron chi connectivity index (χ2n) is 8.72. The number of fused-ring (bicyclic) bond motifs is 3. The number of benzene rings is 2. The SMILES string of the molecule is COc1c(C(=O)NC[C@@H]2CCCCN2)sc2c1c(=O)n(CC(=O)c1ccccc1)c1ccccc21. The molecule has 2 aromatic heterocycles. The number of para-hydroxylation sites is 1. The number of aromatic nitrogens is 1. The maximum absolute atomic E-state index is 13.7. The molecular formula is C27H27N3O4S. The van der Waals surface area contributed by atoms with E-state index in [0.29, 0.717) is 32.6 Å². The van der Waals surface area contributed by atoms with Crippen molar-refractivity contribution < 1.29 is 14.3 Å². The quantitative estimate of drug-likeness (QED) is 0.384.